The van der Waals surface area contributed by atoms with E-state index in [0.29, 0.717) is 6.67 Å². The lowest BCUT2D eigenvalue weighted by Crippen LogP contribution is -2.25. The van der Waals surface area contributed by atoms with E-state index in [1.165, 1.54) is 61.4 Å². The second kappa shape index (κ2) is 16.6. The number of rotatable bonds is 8. The Labute approximate surface area is 403 Å². The van der Waals surface area contributed by atoms with Crippen molar-refractivity contribution in [3.8, 4) is 28.4 Å². The summed E-state index contributed by atoms with van der Waals surface area (Å²) in [4.78, 5) is 9.91. The Morgan fingerprint density at radius 2 is 1.07 bits per heavy atom. The molecular weight excluding hydrogens is 829 g/mol. The quantitative estimate of drug-likeness (QED) is 0.152. The Bertz CT molecular complexity index is 3290. The van der Waals surface area contributed by atoms with Crippen LogP contribution in [0.15, 0.2) is 176 Å². The first kappa shape index (κ1) is 44.7. The van der Waals surface area contributed by atoms with Crippen LogP contribution in [0, 0.1) is 0 Å². The molecule has 0 amide bonds. The molecule has 9 aromatic rings. The minimum atomic E-state index is -0.199. The average Bonchev–Trinajstić information content (AvgIpc) is 3.86. The fraction of sp³-hybridized carbons (Fsp3) is 0.254. The maximum atomic E-state index is 6.89. The van der Waals surface area contributed by atoms with Gasteiger partial charge in [0, 0.05) is 45.9 Å². The van der Waals surface area contributed by atoms with E-state index in [1.54, 1.807) is 0 Å². The molecule has 5 heteroatoms. The van der Waals surface area contributed by atoms with E-state index < -0.39 is 0 Å². The number of nitrogens with zero attached hydrogens (tertiary/aromatic N) is 4. The van der Waals surface area contributed by atoms with E-state index in [2.05, 4.69) is 260 Å². The number of benzene rings is 7. The van der Waals surface area contributed by atoms with Crippen LogP contribution in [0.2, 0.25) is 0 Å². The number of hydrogen-bond acceptors (Lipinski definition) is 4. The molecule has 0 saturated heterocycles. The molecule has 0 bridgehead atoms. The third kappa shape index (κ3) is 8.33. The number of aromatic nitrogens is 2. The maximum absolute atomic E-state index is 6.89. The summed E-state index contributed by atoms with van der Waals surface area (Å²) in [6.45, 7) is 26.0. The van der Waals surface area contributed by atoms with E-state index in [0.717, 1.165) is 39.4 Å². The fourth-order valence-electron chi connectivity index (χ4n) is 9.73. The van der Waals surface area contributed by atoms with Crippen LogP contribution in [0.1, 0.15) is 104 Å². The van der Waals surface area contributed by atoms with Gasteiger partial charge in [-0.25, -0.2) is 4.98 Å². The highest BCUT2D eigenvalue weighted by molar-refractivity contribution is 6.10. The van der Waals surface area contributed by atoms with Crippen molar-refractivity contribution in [3.05, 3.63) is 204 Å². The van der Waals surface area contributed by atoms with Gasteiger partial charge in [0.25, 0.3) is 0 Å². The molecule has 7 aromatic carbocycles. The number of ether oxygens (including phenoxy) is 1. The minimum Gasteiger partial charge on any atom is -0.457 e. The van der Waals surface area contributed by atoms with E-state index in [9.17, 15) is 0 Å². The SMILES string of the molecule is CC(C)(C)c1cc(N2CN(c3cccc(Oc4ccc5c6cc(-c7ccccc7)ccc6n(-c6cc(C(C)(C)C)ccn6)c5c4)c3)c3ccc(C(C)(C)c4ccccc4)cc32)cc(C(C)(C)C)c1. The second-order valence-electron chi connectivity index (χ2n) is 22.3. The molecule has 1 aliphatic rings. The molecule has 3 heterocycles. The molecule has 0 N–H and O–H groups in total. The van der Waals surface area contributed by atoms with Crippen molar-refractivity contribution in [1.82, 2.24) is 9.55 Å². The molecule has 0 saturated carbocycles. The van der Waals surface area contributed by atoms with Gasteiger partial charge in [-0.1, -0.05) is 161 Å². The van der Waals surface area contributed by atoms with Gasteiger partial charge in [-0.2, -0.15) is 0 Å². The van der Waals surface area contributed by atoms with Crippen LogP contribution < -0.4 is 14.5 Å². The smallest absolute Gasteiger partial charge is 0.137 e. The normalized spacial score (nSPS) is 13.4. The third-order valence-corrected chi connectivity index (χ3v) is 14.1. The second-order valence-corrected chi connectivity index (χ2v) is 22.3. The Morgan fingerprint density at radius 3 is 1.76 bits per heavy atom. The van der Waals surface area contributed by atoms with E-state index >= 15 is 0 Å². The predicted octanol–water partition coefficient (Wildman–Crippen LogP) is 17.1. The lowest BCUT2D eigenvalue weighted by molar-refractivity contribution is 0.483. The largest absolute Gasteiger partial charge is 0.457 e. The maximum Gasteiger partial charge on any atom is 0.137 e. The van der Waals surface area contributed by atoms with Gasteiger partial charge in [-0.3, -0.25) is 4.57 Å². The summed E-state index contributed by atoms with van der Waals surface area (Å²) in [5.41, 5.74) is 15.4. The van der Waals surface area contributed by atoms with Gasteiger partial charge in [0.05, 0.1) is 22.4 Å². The fourth-order valence-corrected chi connectivity index (χ4v) is 9.73. The van der Waals surface area contributed by atoms with Gasteiger partial charge in [-0.05, 0) is 128 Å². The van der Waals surface area contributed by atoms with Crippen LogP contribution in [0.3, 0.4) is 0 Å². The van der Waals surface area contributed by atoms with Gasteiger partial charge in [-0.15, -0.1) is 0 Å². The highest BCUT2D eigenvalue weighted by Gasteiger charge is 2.33. The van der Waals surface area contributed by atoms with Crippen LogP contribution in [0.4, 0.5) is 22.7 Å². The van der Waals surface area contributed by atoms with E-state index in [4.69, 9.17) is 9.72 Å². The van der Waals surface area contributed by atoms with Gasteiger partial charge < -0.3 is 14.5 Å². The van der Waals surface area contributed by atoms with Crippen molar-refractivity contribution in [2.24, 2.45) is 0 Å². The Hall–Kier alpha value is -7.11. The molecule has 0 aliphatic carbocycles. The topological polar surface area (TPSA) is 33.5 Å². The Balaban J connectivity index is 1.06. The molecule has 342 valence electrons. The number of fused-ring (bicyclic) bond motifs is 4. The van der Waals surface area contributed by atoms with Gasteiger partial charge in [0.1, 0.15) is 24.0 Å². The zero-order chi connectivity index (χ0) is 47.8. The van der Waals surface area contributed by atoms with Crippen molar-refractivity contribution < 1.29 is 4.74 Å². The molecule has 0 radical (unpaired) electrons. The molecule has 2 aromatic heterocycles. The number of anilines is 4. The highest BCUT2D eigenvalue weighted by Crippen LogP contribution is 2.49. The summed E-state index contributed by atoms with van der Waals surface area (Å²) >= 11 is 0. The summed E-state index contributed by atoms with van der Waals surface area (Å²) in [6.07, 6.45) is 1.94. The molecule has 0 unspecified atom stereocenters. The van der Waals surface area contributed by atoms with Crippen LogP contribution in [0.5, 0.6) is 11.5 Å². The zero-order valence-electron chi connectivity index (χ0n) is 41.6. The lowest BCUT2D eigenvalue weighted by atomic mass is 9.78. The molecule has 0 spiro atoms. The van der Waals surface area contributed by atoms with Crippen molar-refractivity contribution in [2.45, 2.75) is 97.8 Å². The molecular formula is C63H64N4O. The van der Waals surface area contributed by atoms with Gasteiger partial charge in [0.15, 0.2) is 0 Å². The molecule has 1 aliphatic heterocycles. The van der Waals surface area contributed by atoms with Crippen molar-refractivity contribution in [1.29, 1.82) is 0 Å². The summed E-state index contributed by atoms with van der Waals surface area (Å²) in [5, 5.41) is 2.32. The summed E-state index contributed by atoms with van der Waals surface area (Å²) in [5.74, 6) is 2.42. The highest BCUT2D eigenvalue weighted by atomic mass is 16.5. The average molecular weight is 893 g/mol. The number of hydrogen-bond donors (Lipinski definition) is 0. The Kier molecular flexibility index (Phi) is 10.9. The van der Waals surface area contributed by atoms with Crippen molar-refractivity contribution >= 4 is 44.6 Å². The molecule has 5 nitrogen and oxygen atoms in total. The zero-order valence-corrected chi connectivity index (χ0v) is 41.6. The van der Waals surface area contributed by atoms with Crippen LogP contribution in [0.25, 0.3) is 38.8 Å². The van der Waals surface area contributed by atoms with Crippen LogP contribution in [-0.2, 0) is 21.7 Å². The molecule has 0 fully saturated rings. The first-order valence-electron chi connectivity index (χ1n) is 24.1. The first-order valence-corrected chi connectivity index (χ1v) is 24.1. The van der Waals surface area contributed by atoms with E-state index in [-0.39, 0.29) is 21.7 Å². The summed E-state index contributed by atoms with van der Waals surface area (Å²) in [7, 11) is 0. The van der Waals surface area contributed by atoms with Crippen LogP contribution >= 0.6 is 0 Å². The van der Waals surface area contributed by atoms with E-state index in [1.807, 2.05) is 6.20 Å². The lowest BCUT2D eigenvalue weighted by Gasteiger charge is -2.30. The van der Waals surface area contributed by atoms with Gasteiger partial charge in [0.2, 0.25) is 0 Å². The monoisotopic (exact) mass is 893 g/mol. The predicted molar refractivity (Wildman–Crippen MR) is 287 cm³/mol. The molecule has 68 heavy (non-hydrogen) atoms. The molecule has 0 atom stereocenters. The summed E-state index contributed by atoms with van der Waals surface area (Å²) < 4.78 is 9.18. The van der Waals surface area contributed by atoms with Gasteiger partial charge >= 0.3 is 0 Å². The number of pyridine rings is 1. The standard InChI is InChI=1S/C63H64N4O/c1-60(2,3)45-31-32-64-59(38-45)67-55-29-25-43(42-19-14-12-15-20-42)33-54(55)53-28-27-52(40-57(53)67)68-51-24-18-23-49(39-51)65-41-66(50-35-47(61(4,5)6)34-48(36-50)62(7,8)9)58-37-46(26-30-56(58)65)63(10,11)44-21-16-13-17-22-44/h12-40H,41H2,1-11H3. The van der Waals surface area contributed by atoms with Crippen LogP contribution in [-0.4, -0.2) is 16.2 Å². The van der Waals surface area contributed by atoms with Crippen molar-refractivity contribution in [3.63, 3.8) is 0 Å². The first-order chi connectivity index (χ1) is 32.3. The Morgan fingerprint density at radius 1 is 0.412 bits per heavy atom. The van der Waals surface area contributed by atoms with Crippen molar-refractivity contribution in [2.75, 3.05) is 16.5 Å². The molecule has 10 rings (SSSR count). The third-order valence-electron chi connectivity index (χ3n) is 14.1. The minimum absolute atomic E-state index is 0.0173. The summed E-state index contributed by atoms with van der Waals surface area (Å²) in [6, 6.07) is 61.9.